The molecule has 0 aromatic carbocycles. The van der Waals surface area contributed by atoms with Crippen LogP contribution in [0.4, 0.5) is 0 Å². The van der Waals surface area contributed by atoms with Crippen molar-refractivity contribution < 1.29 is 101 Å². The molecule has 113 heavy (non-hydrogen) atoms. The largest absolute Gasteiger partial charge is 0.465 e. The highest BCUT2D eigenvalue weighted by molar-refractivity contribution is 5.96. The van der Waals surface area contributed by atoms with E-state index in [2.05, 4.69) is 60.1 Å². The number of hydrogen-bond acceptors (Lipinski definition) is 21. The van der Waals surface area contributed by atoms with E-state index in [4.69, 9.17) is 57.6 Å². The molecule has 21 nitrogen and oxygen atoms in total. The van der Waals surface area contributed by atoms with Gasteiger partial charge in [-0.25, -0.2) is 0 Å². The number of aliphatic hydroxyl groups excluding tert-OH is 2. The summed E-state index contributed by atoms with van der Waals surface area (Å²) < 4.78 is 58.3. The zero-order valence-electron chi connectivity index (χ0n) is 73.4. The first-order chi connectivity index (χ1) is 55.2. The molecule has 5 aliphatic rings. The zero-order valence-corrected chi connectivity index (χ0v) is 73.4. The fourth-order valence-corrected chi connectivity index (χ4v) is 14.5. The van der Waals surface area contributed by atoms with Crippen LogP contribution < -0.4 is 0 Å². The standard InChI is InChI=1S/C26H48O4.C23H42O5.C20H36O6.C9H20O.C8H10O3.C6H14O2/c1-3-5-7-9-11-13-17-21-29-25(27)23-19-15-16-20-24(23)26(28)30-22-18-14-12-10-8-6-4-2;1-3-5-7-8-9-10-13-17-27-22(24)20-14-11-12-15-21(20)23(25)28-19-18-26-16-6-4-2;1-3-5-11-23-13-15-25-19(21)17-9-7-8-10-18(17)20(22)26-16-14-24-12-6-4-2;1-2-3-4-5-6-7-8-9-10;9-7-5-3-1-2-4-6(5)8(10)11-7;1-2-3-5-8-6-4-7/h23-24H,3-22H2,1-2H3;20-21H,3-19H2,1-2H3;17-18H,3-16H2,1-2H3;10H,2-9H2,1H3;5-6H,1-4H2;7H,2-6H2,1H3. The van der Waals surface area contributed by atoms with Gasteiger partial charge in [-0.05, 0) is 103 Å². The van der Waals surface area contributed by atoms with Crippen molar-refractivity contribution in [1.82, 2.24) is 0 Å². The number of cyclic esters (lactones) is 2. The number of unbranched alkanes of at least 4 members (excludes halogenated alkanes) is 28. The molecule has 1 saturated heterocycles. The maximum Gasteiger partial charge on any atom is 0.317 e. The van der Waals surface area contributed by atoms with Gasteiger partial charge in [0.25, 0.3) is 0 Å². The number of fused-ring (bicyclic) bond motifs is 1. The third kappa shape index (κ3) is 59.9. The lowest BCUT2D eigenvalue weighted by Crippen LogP contribution is -2.35. The summed E-state index contributed by atoms with van der Waals surface area (Å²) in [5.41, 5.74) is 0. The summed E-state index contributed by atoms with van der Waals surface area (Å²) in [6.07, 6.45) is 56.6. The van der Waals surface area contributed by atoms with Gasteiger partial charge in [0.2, 0.25) is 0 Å². The second-order valence-electron chi connectivity index (χ2n) is 31.5. The van der Waals surface area contributed by atoms with Crippen LogP contribution in [0.3, 0.4) is 0 Å². The Kier molecular flexibility index (Phi) is 78.4. The molecular formula is C92H170O21. The molecule has 5 fully saturated rings. The summed E-state index contributed by atoms with van der Waals surface area (Å²) in [7, 11) is 0. The third-order valence-electron chi connectivity index (χ3n) is 21.6. The molecule has 2 N–H and O–H groups in total. The minimum absolute atomic E-state index is 0.101. The molecule has 21 heteroatoms. The van der Waals surface area contributed by atoms with Crippen molar-refractivity contribution in [3.05, 3.63) is 0 Å². The van der Waals surface area contributed by atoms with Crippen LogP contribution in [0.25, 0.3) is 0 Å². The highest BCUT2D eigenvalue weighted by atomic mass is 16.6. The van der Waals surface area contributed by atoms with Crippen LogP contribution in [0.1, 0.15) is 389 Å². The number of rotatable bonds is 60. The molecule has 0 amide bonds. The van der Waals surface area contributed by atoms with Gasteiger partial charge in [0.15, 0.2) is 0 Å². The summed E-state index contributed by atoms with van der Waals surface area (Å²) >= 11 is 0. The first-order valence-electron chi connectivity index (χ1n) is 46.5. The van der Waals surface area contributed by atoms with Crippen molar-refractivity contribution in [2.24, 2.45) is 47.3 Å². The lowest BCUT2D eigenvalue weighted by Gasteiger charge is -2.28. The highest BCUT2D eigenvalue weighted by Crippen LogP contribution is 2.37. The van der Waals surface area contributed by atoms with Crippen LogP contribution in [0, 0.1) is 47.3 Å². The molecule has 664 valence electrons. The Hall–Kier alpha value is -4.28. The fraction of sp³-hybridized carbons (Fsp3) is 0.913. The van der Waals surface area contributed by atoms with E-state index in [1.165, 1.54) is 135 Å². The van der Waals surface area contributed by atoms with E-state index in [1.54, 1.807) is 0 Å². The second-order valence-corrected chi connectivity index (χ2v) is 31.5. The molecule has 0 radical (unpaired) electrons. The van der Waals surface area contributed by atoms with E-state index < -0.39 is 11.8 Å². The van der Waals surface area contributed by atoms with Gasteiger partial charge in [0, 0.05) is 33.0 Å². The van der Waals surface area contributed by atoms with Crippen molar-refractivity contribution >= 4 is 47.8 Å². The van der Waals surface area contributed by atoms with Gasteiger partial charge in [-0.15, -0.1) is 0 Å². The predicted octanol–water partition coefficient (Wildman–Crippen LogP) is 20.7. The van der Waals surface area contributed by atoms with Gasteiger partial charge in [-0.1, -0.05) is 287 Å². The lowest BCUT2D eigenvalue weighted by molar-refractivity contribution is -0.164. The van der Waals surface area contributed by atoms with Gasteiger partial charge in [0.1, 0.15) is 19.8 Å². The van der Waals surface area contributed by atoms with Crippen LogP contribution in [-0.2, 0) is 90.5 Å². The molecular weight excluding hydrogens is 1440 g/mol. The Labute approximate surface area is 687 Å². The van der Waals surface area contributed by atoms with Crippen molar-refractivity contribution in [2.45, 2.75) is 389 Å². The third-order valence-corrected chi connectivity index (χ3v) is 21.6. The average molecular weight is 1610 g/mol. The van der Waals surface area contributed by atoms with Crippen LogP contribution in [0.5, 0.6) is 0 Å². The lowest BCUT2D eigenvalue weighted by atomic mass is 9.79. The molecule has 0 spiro atoms. The Morgan fingerprint density at radius 3 is 0.673 bits per heavy atom. The molecule has 8 unspecified atom stereocenters. The number of carbonyl (C=O) groups is 8. The zero-order chi connectivity index (χ0) is 83.1. The first kappa shape index (κ1) is 109. The van der Waals surface area contributed by atoms with Crippen molar-refractivity contribution in [3.63, 3.8) is 0 Å². The number of esters is 8. The topological polar surface area (TPSA) is 279 Å². The predicted molar refractivity (Wildman–Crippen MR) is 448 cm³/mol. The normalized spacial score (nSPS) is 19.6. The second kappa shape index (κ2) is 81.5. The van der Waals surface area contributed by atoms with Gasteiger partial charge < -0.3 is 62.3 Å². The smallest absolute Gasteiger partial charge is 0.317 e. The maximum atomic E-state index is 12.6. The Bertz CT molecular complexity index is 2120. The summed E-state index contributed by atoms with van der Waals surface area (Å²) in [5.74, 6) is -4.32. The number of carbonyl (C=O) groups excluding carboxylic acids is 8. The van der Waals surface area contributed by atoms with Crippen molar-refractivity contribution in [2.75, 3.05) is 106 Å². The molecule has 5 rings (SSSR count). The number of hydrogen-bond donors (Lipinski definition) is 2. The summed E-state index contributed by atoms with van der Waals surface area (Å²) in [5, 5.41) is 16.7. The van der Waals surface area contributed by atoms with E-state index in [1.807, 2.05) is 0 Å². The Morgan fingerprint density at radius 2 is 0.442 bits per heavy atom. The highest BCUT2D eigenvalue weighted by Gasteiger charge is 2.45. The van der Waals surface area contributed by atoms with E-state index in [9.17, 15) is 38.4 Å². The first-order valence-corrected chi connectivity index (χ1v) is 46.5. The summed E-state index contributed by atoms with van der Waals surface area (Å²) in [6.45, 7) is 24.6. The quantitative estimate of drug-likeness (QED) is 0.0248. The van der Waals surface area contributed by atoms with Gasteiger partial charge in [-0.2, -0.15) is 0 Å². The van der Waals surface area contributed by atoms with Crippen LogP contribution in [0.2, 0.25) is 0 Å². The van der Waals surface area contributed by atoms with E-state index >= 15 is 0 Å². The number of aliphatic hydroxyl groups is 2. The van der Waals surface area contributed by atoms with E-state index in [0.29, 0.717) is 91.9 Å². The van der Waals surface area contributed by atoms with E-state index in [-0.39, 0.29) is 110 Å². The van der Waals surface area contributed by atoms with Crippen molar-refractivity contribution in [3.8, 4) is 0 Å². The number of ether oxygens (including phenoxy) is 11. The SMILES string of the molecule is CCCCCCCCCO.CCCCCCCCCOC(=O)C1CCCCC1C(=O)OCCCCCCCCC.CCCCCCCCCOC(=O)C1CCCCC1C(=O)OCCOCCCC.CCCCOCCO.CCCCOCCOC(=O)C1CCCCC1C(=O)OCCOCCCC.O=C1OC(=O)C2CCCCC12. The minimum atomic E-state index is -0.395. The van der Waals surface area contributed by atoms with E-state index in [0.717, 1.165) is 186 Å². The summed E-state index contributed by atoms with van der Waals surface area (Å²) in [4.78, 5) is 96.6. The molecule has 8 atom stereocenters. The summed E-state index contributed by atoms with van der Waals surface area (Å²) in [6, 6.07) is 0. The van der Waals surface area contributed by atoms with Gasteiger partial charge in [-0.3, -0.25) is 38.4 Å². The molecule has 0 aromatic rings. The molecule has 0 bridgehead atoms. The maximum absolute atomic E-state index is 12.6. The monoisotopic (exact) mass is 1610 g/mol. The minimum Gasteiger partial charge on any atom is -0.465 e. The van der Waals surface area contributed by atoms with Crippen LogP contribution in [-0.4, -0.2) is 164 Å². The van der Waals surface area contributed by atoms with Gasteiger partial charge >= 0.3 is 47.8 Å². The molecule has 4 saturated carbocycles. The molecule has 0 aromatic heterocycles. The molecule has 4 aliphatic carbocycles. The molecule has 1 heterocycles. The Morgan fingerprint density at radius 1 is 0.239 bits per heavy atom. The fourth-order valence-electron chi connectivity index (χ4n) is 14.5. The van der Waals surface area contributed by atoms with Crippen molar-refractivity contribution in [1.29, 1.82) is 0 Å². The average Bonchev–Trinajstić information content (AvgIpc) is 1.64. The van der Waals surface area contributed by atoms with Crippen LogP contribution in [0.15, 0.2) is 0 Å². The van der Waals surface area contributed by atoms with Crippen LogP contribution >= 0.6 is 0 Å². The Balaban J connectivity index is 0.00000141. The van der Waals surface area contributed by atoms with Gasteiger partial charge in [0.05, 0.1) is 100 Å². The molecule has 1 aliphatic heterocycles.